The number of aliphatic hydroxyl groups is 1. The van der Waals surface area contributed by atoms with E-state index in [-0.39, 0.29) is 37.6 Å². The monoisotopic (exact) mass is 309 g/mol. The Labute approximate surface area is 128 Å². The zero-order valence-corrected chi connectivity index (χ0v) is 12.5. The molecule has 1 aromatic rings. The van der Waals surface area contributed by atoms with Gasteiger partial charge in [0.25, 0.3) is 0 Å². The fraction of sp³-hybridized carbons (Fsp3) is 0.500. The largest absolute Gasteiger partial charge is 0.464 e. The molecule has 1 aliphatic heterocycles. The molecular formula is C16H20FNO4. The predicted octanol–water partition coefficient (Wildman–Crippen LogP) is 1.28. The van der Waals surface area contributed by atoms with Crippen molar-refractivity contribution < 1.29 is 23.8 Å². The summed E-state index contributed by atoms with van der Waals surface area (Å²) in [6, 6.07) is 5.79. The first-order valence-electron chi connectivity index (χ1n) is 7.36. The van der Waals surface area contributed by atoms with Crippen molar-refractivity contribution in [3.8, 4) is 0 Å². The highest BCUT2D eigenvalue weighted by atomic mass is 19.1. The summed E-state index contributed by atoms with van der Waals surface area (Å²) in [4.78, 5) is 25.5. The lowest BCUT2D eigenvalue weighted by Gasteiger charge is -2.36. The van der Waals surface area contributed by atoms with Crippen LogP contribution in [0.25, 0.3) is 0 Å². The Morgan fingerprint density at radius 3 is 2.41 bits per heavy atom. The summed E-state index contributed by atoms with van der Waals surface area (Å²) in [6.07, 6.45) is 0.514. The van der Waals surface area contributed by atoms with Crippen molar-refractivity contribution >= 4 is 11.9 Å². The first-order valence-corrected chi connectivity index (χ1v) is 7.36. The number of amides is 1. The van der Waals surface area contributed by atoms with E-state index in [0.29, 0.717) is 13.1 Å². The van der Waals surface area contributed by atoms with Crippen LogP contribution in [0, 0.1) is 5.82 Å². The van der Waals surface area contributed by atoms with Crippen LogP contribution in [0.4, 0.5) is 4.39 Å². The minimum Gasteiger partial charge on any atom is -0.464 e. The number of hydrogen-bond acceptors (Lipinski definition) is 4. The van der Waals surface area contributed by atoms with Gasteiger partial charge in [-0.1, -0.05) is 12.1 Å². The highest BCUT2D eigenvalue weighted by Gasteiger charge is 2.41. The Balaban J connectivity index is 1.89. The third kappa shape index (κ3) is 3.82. The van der Waals surface area contributed by atoms with Crippen LogP contribution in [0.3, 0.4) is 0 Å². The van der Waals surface area contributed by atoms with Crippen molar-refractivity contribution in [3.63, 3.8) is 0 Å². The topological polar surface area (TPSA) is 66.8 Å². The normalized spacial score (nSPS) is 17.1. The molecule has 0 saturated carbocycles. The van der Waals surface area contributed by atoms with E-state index in [1.54, 1.807) is 24.0 Å². The maximum absolute atomic E-state index is 12.8. The van der Waals surface area contributed by atoms with Crippen LogP contribution in [-0.4, -0.2) is 47.2 Å². The summed E-state index contributed by atoms with van der Waals surface area (Å²) >= 11 is 0. The number of hydrogen-bond donors (Lipinski definition) is 1. The number of nitrogens with zero attached hydrogens (tertiary/aromatic N) is 1. The molecule has 1 amide bonds. The maximum atomic E-state index is 12.8. The van der Waals surface area contributed by atoms with Crippen molar-refractivity contribution in [2.45, 2.75) is 31.8 Å². The molecule has 1 heterocycles. The van der Waals surface area contributed by atoms with Crippen LogP contribution < -0.4 is 0 Å². The number of esters is 1. The lowest BCUT2D eigenvalue weighted by Crippen LogP contribution is -2.51. The number of carbonyl (C=O) groups is 2. The molecule has 0 aliphatic carbocycles. The Morgan fingerprint density at radius 2 is 1.86 bits per heavy atom. The lowest BCUT2D eigenvalue weighted by molar-refractivity contribution is -0.171. The van der Waals surface area contributed by atoms with Gasteiger partial charge in [-0.05, 0) is 24.6 Å². The smallest absolute Gasteiger partial charge is 0.338 e. The molecule has 120 valence electrons. The number of rotatable bonds is 4. The third-order valence-electron chi connectivity index (χ3n) is 3.87. The van der Waals surface area contributed by atoms with E-state index in [1.165, 1.54) is 12.1 Å². The van der Waals surface area contributed by atoms with Gasteiger partial charge in [-0.25, -0.2) is 9.18 Å². The molecule has 1 N–H and O–H groups in total. The lowest BCUT2D eigenvalue weighted by atomic mass is 9.91. The van der Waals surface area contributed by atoms with Crippen LogP contribution in [0.2, 0.25) is 0 Å². The molecule has 0 aromatic heterocycles. The Bertz CT molecular complexity index is 536. The van der Waals surface area contributed by atoms with Gasteiger partial charge >= 0.3 is 5.97 Å². The number of piperidine rings is 1. The van der Waals surface area contributed by atoms with Crippen molar-refractivity contribution in [2.24, 2.45) is 0 Å². The summed E-state index contributed by atoms with van der Waals surface area (Å²) in [5.41, 5.74) is -0.763. The van der Waals surface area contributed by atoms with E-state index in [1.807, 2.05) is 0 Å². The Kier molecular flexibility index (Phi) is 5.13. The molecule has 0 spiro atoms. The molecule has 2 rings (SSSR count). The van der Waals surface area contributed by atoms with Crippen molar-refractivity contribution in [1.82, 2.24) is 4.90 Å². The van der Waals surface area contributed by atoms with Gasteiger partial charge in [0, 0.05) is 25.9 Å². The molecule has 0 unspecified atom stereocenters. The molecule has 0 radical (unpaired) electrons. The van der Waals surface area contributed by atoms with Gasteiger partial charge in [0.15, 0.2) is 5.60 Å². The Hall–Kier alpha value is -1.95. The molecule has 5 nitrogen and oxygen atoms in total. The second-order valence-electron chi connectivity index (χ2n) is 5.44. The second kappa shape index (κ2) is 6.87. The van der Waals surface area contributed by atoms with Gasteiger partial charge in [0.2, 0.25) is 5.91 Å². The molecule has 1 fully saturated rings. The van der Waals surface area contributed by atoms with Crippen LogP contribution in [-0.2, 0) is 20.7 Å². The van der Waals surface area contributed by atoms with Crippen LogP contribution in [0.15, 0.2) is 24.3 Å². The molecular weight excluding hydrogens is 289 g/mol. The first-order chi connectivity index (χ1) is 10.4. The van der Waals surface area contributed by atoms with Gasteiger partial charge in [-0.3, -0.25) is 4.79 Å². The van der Waals surface area contributed by atoms with Gasteiger partial charge in [-0.2, -0.15) is 0 Å². The van der Waals surface area contributed by atoms with E-state index in [2.05, 4.69) is 0 Å². The summed E-state index contributed by atoms with van der Waals surface area (Å²) in [7, 11) is 0. The molecule has 6 heteroatoms. The fourth-order valence-electron chi connectivity index (χ4n) is 2.48. The molecule has 0 bridgehead atoms. The summed E-state index contributed by atoms with van der Waals surface area (Å²) in [5, 5.41) is 10.2. The standard InChI is InChI=1S/C16H20FNO4/c1-2-22-15(20)16(21)7-9-18(10-8-16)14(19)11-12-3-5-13(17)6-4-12/h3-6,21H,2,7-11H2,1H3. The first kappa shape index (κ1) is 16.4. The number of carbonyl (C=O) groups excluding carboxylic acids is 2. The third-order valence-corrected chi connectivity index (χ3v) is 3.87. The summed E-state index contributed by atoms with van der Waals surface area (Å²) in [5.74, 6) is -1.06. The zero-order chi connectivity index (χ0) is 16.2. The predicted molar refractivity (Wildman–Crippen MR) is 77.5 cm³/mol. The minimum absolute atomic E-state index is 0.0995. The minimum atomic E-state index is -1.50. The van der Waals surface area contributed by atoms with Crippen LogP contribution in [0.1, 0.15) is 25.3 Å². The summed E-state index contributed by atoms with van der Waals surface area (Å²) in [6.45, 7) is 2.50. The van der Waals surface area contributed by atoms with Crippen molar-refractivity contribution in [1.29, 1.82) is 0 Å². The highest BCUT2D eigenvalue weighted by Crippen LogP contribution is 2.24. The average Bonchev–Trinajstić information content (AvgIpc) is 2.50. The van der Waals surface area contributed by atoms with Gasteiger partial charge in [-0.15, -0.1) is 0 Å². The van der Waals surface area contributed by atoms with Crippen molar-refractivity contribution in [2.75, 3.05) is 19.7 Å². The number of benzene rings is 1. The molecule has 22 heavy (non-hydrogen) atoms. The number of ether oxygens (including phenoxy) is 1. The van der Waals surface area contributed by atoms with E-state index in [0.717, 1.165) is 5.56 Å². The van der Waals surface area contributed by atoms with E-state index >= 15 is 0 Å². The zero-order valence-electron chi connectivity index (χ0n) is 12.5. The SMILES string of the molecule is CCOC(=O)C1(O)CCN(C(=O)Cc2ccc(F)cc2)CC1. The van der Waals surface area contributed by atoms with E-state index < -0.39 is 11.6 Å². The van der Waals surface area contributed by atoms with Crippen LogP contribution in [0.5, 0.6) is 0 Å². The van der Waals surface area contributed by atoms with Gasteiger partial charge in [0.1, 0.15) is 5.82 Å². The molecule has 1 saturated heterocycles. The van der Waals surface area contributed by atoms with Crippen LogP contribution >= 0.6 is 0 Å². The quantitative estimate of drug-likeness (QED) is 0.851. The fourth-order valence-corrected chi connectivity index (χ4v) is 2.48. The highest BCUT2D eigenvalue weighted by molar-refractivity contribution is 5.81. The molecule has 1 aliphatic rings. The summed E-state index contributed by atoms with van der Waals surface area (Å²) < 4.78 is 17.7. The Morgan fingerprint density at radius 1 is 1.27 bits per heavy atom. The molecule has 0 atom stereocenters. The van der Waals surface area contributed by atoms with E-state index in [9.17, 15) is 19.1 Å². The van der Waals surface area contributed by atoms with Gasteiger partial charge < -0.3 is 14.7 Å². The second-order valence-corrected chi connectivity index (χ2v) is 5.44. The number of halogens is 1. The van der Waals surface area contributed by atoms with Gasteiger partial charge in [0.05, 0.1) is 13.0 Å². The number of likely N-dealkylation sites (tertiary alicyclic amines) is 1. The van der Waals surface area contributed by atoms with Crippen molar-refractivity contribution in [3.05, 3.63) is 35.6 Å². The van der Waals surface area contributed by atoms with E-state index in [4.69, 9.17) is 4.74 Å². The molecule has 1 aromatic carbocycles. The maximum Gasteiger partial charge on any atom is 0.338 e. The average molecular weight is 309 g/mol.